The van der Waals surface area contributed by atoms with Crippen LogP contribution < -0.4 is 10.6 Å². The Balaban J connectivity index is 2.24. The van der Waals surface area contributed by atoms with E-state index >= 15 is 0 Å². The van der Waals surface area contributed by atoms with Gasteiger partial charge in [0.15, 0.2) is 5.78 Å². The van der Waals surface area contributed by atoms with E-state index in [1.54, 1.807) is 43.3 Å². The summed E-state index contributed by atoms with van der Waals surface area (Å²) in [4.78, 5) is 31.9. The number of rotatable bonds is 6. The highest BCUT2D eigenvalue weighted by atomic mass is 16.1. The summed E-state index contributed by atoms with van der Waals surface area (Å²) in [6.07, 6.45) is 1.60. The van der Waals surface area contributed by atoms with Crippen LogP contribution in [-0.4, -0.2) is 28.2 Å². The largest absolute Gasteiger partial charge is 0.347 e. The van der Waals surface area contributed by atoms with Gasteiger partial charge in [-0.25, -0.2) is 9.97 Å². The summed E-state index contributed by atoms with van der Waals surface area (Å²) in [5.41, 5.74) is 2.20. The zero-order valence-electron chi connectivity index (χ0n) is 13.1. The van der Waals surface area contributed by atoms with Gasteiger partial charge < -0.3 is 10.6 Å². The first-order valence-electron chi connectivity index (χ1n) is 7.12. The van der Waals surface area contributed by atoms with Crippen molar-refractivity contribution >= 4 is 23.3 Å². The zero-order chi connectivity index (χ0) is 16.8. The van der Waals surface area contributed by atoms with Crippen LogP contribution in [0.4, 0.5) is 11.6 Å². The van der Waals surface area contributed by atoms with Crippen LogP contribution in [0.15, 0.2) is 43.0 Å². The molecule has 0 aliphatic carbocycles. The van der Waals surface area contributed by atoms with Crippen molar-refractivity contribution in [2.24, 2.45) is 0 Å². The number of Topliss-reactive ketones (excluding diaryl/α,β-unsaturated/α-hetero) is 1. The molecule has 2 aromatic rings. The number of hydrogen-bond acceptors (Lipinski definition) is 5. The molecule has 0 saturated carbocycles. The lowest BCUT2D eigenvalue weighted by Crippen LogP contribution is -2.24. The molecule has 0 fully saturated rings. The molecule has 23 heavy (non-hydrogen) atoms. The normalized spacial score (nSPS) is 10.0. The Kier molecular flexibility index (Phi) is 5.19. The van der Waals surface area contributed by atoms with Crippen LogP contribution in [0.2, 0.25) is 0 Å². The molecule has 0 aliphatic heterocycles. The van der Waals surface area contributed by atoms with E-state index in [1.807, 2.05) is 0 Å². The Morgan fingerprint density at radius 1 is 1.26 bits per heavy atom. The standard InChI is InChI=1S/C17H18N4O2/c1-4-8-18-16(23)15-9-11(2)19-17(21-15)20-14-7-5-6-13(10-14)12(3)22/h4-7,9-10H,1,8H2,2-3H3,(H,18,23)(H,19,20,21). The van der Waals surface area contributed by atoms with Crippen LogP contribution in [0.5, 0.6) is 0 Å². The number of aromatic nitrogens is 2. The Morgan fingerprint density at radius 2 is 2.04 bits per heavy atom. The Morgan fingerprint density at radius 3 is 2.74 bits per heavy atom. The number of carbonyl (C=O) groups is 2. The molecule has 0 unspecified atom stereocenters. The molecule has 1 aromatic carbocycles. The third kappa shape index (κ3) is 4.47. The predicted molar refractivity (Wildman–Crippen MR) is 89.0 cm³/mol. The number of nitrogens with one attached hydrogen (secondary N) is 2. The number of amides is 1. The van der Waals surface area contributed by atoms with Crippen LogP contribution in [0.3, 0.4) is 0 Å². The molecule has 1 aromatic heterocycles. The third-order valence-corrected chi connectivity index (χ3v) is 3.02. The fraction of sp³-hybridized carbons (Fsp3) is 0.176. The number of nitrogens with zero attached hydrogens (tertiary/aromatic N) is 2. The van der Waals surface area contributed by atoms with Gasteiger partial charge in [0.1, 0.15) is 5.69 Å². The van der Waals surface area contributed by atoms with Crippen molar-refractivity contribution in [1.29, 1.82) is 0 Å². The molecule has 0 atom stereocenters. The summed E-state index contributed by atoms with van der Waals surface area (Å²) in [6.45, 7) is 7.20. The number of benzene rings is 1. The Hall–Kier alpha value is -3.02. The molecule has 0 radical (unpaired) electrons. The Bertz CT molecular complexity index is 756. The maximum absolute atomic E-state index is 12.0. The average molecular weight is 310 g/mol. The summed E-state index contributed by atoms with van der Waals surface area (Å²) in [5.74, 6) is -0.0197. The van der Waals surface area contributed by atoms with Gasteiger partial charge in [0, 0.05) is 23.5 Å². The summed E-state index contributed by atoms with van der Waals surface area (Å²) in [7, 11) is 0. The number of anilines is 2. The van der Waals surface area contributed by atoms with E-state index in [9.17, 15) is 9.59 Å². The first-order chi connectivity index (χ1) is 11.0. The lowest BCUT2D eigenvalue weighted by atomic mass is 10.1. The van der Waals surface area contributed by atoms with Crippen LogP contribution in [0.1, 0.15) is 33.5 Å². The quantitative estimate of drug-likeness (QED) is 0.633. The fourth-order valence-corrected chi connectivity index (χ4v) is 1.94. The number of ketones is 1. The van der Waals surface area contributed by atoms with Crippen molar-refractivity contribution in [2.75, 3.05) is 11.9 Å². The molecule has 118 valence electrons. The van der Waals surface area contributed by atoms with Crippen LogP contribution >= 0.6 is 0 Å². The summed E-state index contributed by atoms with van der Waals surface area (Å²) >= 11 is 0. The zero-order valence-corrected chi connectivity index (χ0v) is 13.1. The van der Waals surface area contributed by atoms with E-state index in [0.29, 0.717) is 29.4 Å². The van der Waals surface area contributed by atoms with Gasteiger partial charge in [-0.05, 0) is 32.0 Å². The molecular formula is C17H18N4O2. The monoisotopic (exact) mass is 310 g/mol. The topological polar surface area (TPSA) is 84.0 Å². The lowest BCUT2D eigenvalue weighted by Gasteiger charge is -2.09. The number of carbonyl (C=O) groups excluding carboxylic acids is 2. The molecule has 6 heteroatoms. The Labute approximate surface area is 134 Å². The van der Waals surface area contributed by atoms with Crippen LogP contribution in [0, 0.1) is 6.92 Å². The van der Waals surface area contributed by atoms with E-state index in [0.717, 1.165) is 0 Å². The maximum Gasteiger partial charge on any atom is 0.270 e. The van der Waals surface area contributed by atoms with Gasteiger partial charge in [-0.15, -0.1) is 6.58 Å². The molecule has 2 N–H and O–H groups in total. The van der Waals surface area contributed by atoms with Crippen LogP contribution in [0.25, 0.3) is 0 Å². The van der Waals surface area contributed by atoms with Gasteiger partial charge in [0.25, 0.3) is 5.91 Å². The molecule has 0 spiro atoms. The van der Waals surface area contributed by atoms with Gasteiger partial charge in [-0.3, -0.25) is 9.59 Å². The van der Waals surface area contributed by atoms with E-state index in [-0.39, 0.29) is 17.4 Å². The molecule has 2 rings (SSSR count). The van der Waals surface area contributed by atoms with Crippen molar-refractivity contribution in [2.45, 2.75) is 13.8 Å². The predicted octanol–water partition coefficient (Wildman–Crippen LogP) is 2.65. The third-order valence-electron chi connectivity index (χ3n) is 3.02. The molecule has 1 amide bonds. The molecule has 0 aliphatic rings. The van der Waals surface area contributed by atoms with Crippen molar-refractivity contribution in [1.82, 2.24) is 15.3 Å². The second kappa shape index (κ2) is 7.31. The van der Waals surface area contributed by atoms with E-state index in [4.69, 9.17) is 0 Å². The van der Waals surface area contributed by atoms with Gasteiger partial charge >= 0.3 is 0 Å². The summed E-state index contributed by atoms with van der Waals surface area (Å²) in [5, 5.41) is 5.69. The minimum atomic E-state index is -0.295. The highest BCUT2D eigenvalue weighted by Gasteiger charge is 2.10. The van der Waals surface area contributed by atoms with Crippen molar-refractivity contribution in [3.63, 3.8) is 0 Å². The lowest BCUT2D eigenvalue weighted by molar-refractivity contribution is 0.0952. The molecule has 1 heterocycles. The second-order valence-electron chi connectivity index (χ2n) is 4.98. The first-order valence-corrected chi connectivity index (χ1v) is 7.12. The van der Waals surface area contributed by atoms with Gasteiger partial charge in [0.05, 0.1) is 0 Å². The minimum Gasteiger partial charge on any atom is -0.347 e. The van der Waals surface area contributed by atoms with E-state index in [2.05, 4.69) is 27.2 Å². The fourth-order valence-electron chi connectivity index (χ4n) is 1.94. The molecule has 0 bridgehead atoms. The smallest absolute Gasteiger partial charge is 0.270 e. The van der Waals surface area contributed by atoms with Gasteiger partial charge in [-0.2, -0.15) is 0 Å². The molecule has 0 saturated heterocycles. The number of aryl methyl sites for hydroxylation is 1. The highest BCUT2D eigenvalue weighted by Crippen LogP contribution is 2.16. The van der Waals surface area contributed by atoms with Gasteiger partial charge in [0.2, 0.25) is 5.95 Å². The van der Waals surface area contributed by atoms with Gasteiger partial charge in [-0.1, -0.05) is 18.2 Å². The van der Waals surface area contributed by atoms with Crippen LogP contribution in [-0.2, 0) is 0 Å². The first kappa shape index (κ1) is 16.4. The maximum atomic E-state index is 12.0. The van der Waals surface area contributed by atoms with Crippen molar-refractivity contribution < 1.29 is 9.59 Å². The van der Waals surface area contributed by atoms with Crippen molar-refractivity contribution in [3.05, 3.63) is 59.9 Å². The van der Waals surface area contributed by atoms with E-state index in [1.165, 1.54) is 6.92 Å². The summed E-state index contributed by atoms with van der Waals surface area (Å²) in [6, 6.07) is 8.63. The SMILES string of the molecule is C=CCNC(=O)c1cc(C)nc(Nc2cccc(C(C)=O)c2)n1. The molecular weight excluding hydrogens is 292 g/mol. The van der Waals surface area contributed by atoms with E-state index < -0.39 is 0 Å². The average Bonchev–Trinajstić information content (AvgIpc) is 2.52. The number of hydrogen-bond donors (Lipinski definition) is 2. The van der Waals surface area contributed by atoms with Crippen molar-refractivity contribution in [3.8, 4) is 0 Å². The highest BCUT2D eigenvalue weighted by molar-refractivity contribution is 5.95. The second-order valence-corrected chi connectivity index (χ2v) is 4.98. The summed E-state index contributed by atoms with van der Waals surface area (Å²) < 4.78 is 0. The molecule has 6 nitrogen and oxygen atoms in total. The minimum absolute atomic E-state index is 0.0247.